The van der Waals surface area contributed by atoms with E-state index < -0.39 is 0 Å². The van der Waals surface area contributed by atoms with Crippen molar-refractivity contribution in [1.82, 2.24) is 0 Å². The summed E-state index contributed by atoms with van der Waals surface area (Å²) in [6, 6.07) is 13.3. The molecule has 1 aliphatic rings. The summed E-state index contributed by atoms with van der Waals surface area (Å²) in [6.07, 6.45) is 1.11. The van der Waals surface area contributed by atoms with Crippen LogP contribution in [0, 0.1) is 13.8 Å². The molecule has 0 unspecified atom stereocenters. The molecule has 0 radical (unpaired) electrons. The van der Waals surface area contributed by atoms with E-state index in [1.165, 1.54) is 33.4 Å². The third-order valence-corrected chi connectivity index (χ3v) is 3.23. The monoisotopic (exact) mass is 194 g/mol. The first-order chi connectivity index (χ1) is 7.25. The van der Waals surface area contributed by atoms with E-state index in [-0.39, 0.29) is 0 Å². The van der Waals surface area contributed by atoms with Gasteiger partial charge in [0.25, 0.3) is 0 Å². The van der Waals surface area contributed by atoms with E-state index >= 15 is 0 Å². The lowest BCUT2D eigenvalue weighted by atomic mass is 9.98. The Morgan fingerprint density at radius 2 is 1.73 bits per heavy atom. The van der Waals surface area contributed by atoms with Gasteiger partial charge in [0, 0.05) is 0 Å². The maximum Gasteiger partial charge on any atom is -0.00133 e. The molecule has 0 saturated carbocycles. The van der Waals surface area contributed by atoms with Crippen molar-refractivity contribution in [2.45, 2.75) is 20.3 Å². The van der Waals surface area contributed by atoms with E-state index in [2.05, 4.69) is 50.2 Å². The van der Waals surface area contributed by atoms with Crippen molar-refractivity contribution in [2.24, 2.45) is 0 Å². The predicted molar refractivity (Wildman–Crippen MR) is 64.2 cm³/mol. The molecule has 0 nitrogen and oxygen atoms in total. The molecule has 0 heteroatoms. The second kappa shape index (κ2) is 2.96. The molecule has 0 aromatic heterocycles. The maximum absolute atomic E-state index is 2.32. The molecule has 2 aromatic carbocycles. The van der Waals surface area contributed by atoms with Crippen molar-refractivity contribution in [3.8, 4) is 11.1 Å². The molecule has 0 N–H and O–H groups in total. The molecule has 74 valence electrons. The van der Waals surface area contributed by atoms with Crippen molar-refractivity contribution in [2.75, 3.05) is 0 Å². The normalized spacial score (nSPS) is 12.4. The fraction of sp³-hybridized carbons (Fsp3) is 0.200. The zero-order chi connectivity index (χ0) is 10.4. The van der Waals surface area contributed by atoms with Gasteiger partial charge >= 0.3 is 0 Å². The molecular formula is C15H14. The quantitative estimate of drug-likeness (QED) is 0.509. The van der Waals surface area contributed by atoms with Crippen LogP contribution in [0.1, 0.15) is 22.3 Å². The summed E-state index contributed by atoms with van der Waals surface area (Å²) in [6.45, 7) is 4.39. The highest BCUT2D eigenvalue weighted by atomic mass is 14.2. The SMILES string of the molecule is Cc1cc(C)c2c(c1)Cc1ccccc1-2. The summed E-state index contributed by atoms with van der Waals surface area (Å²) in [4.78, 5) is 0. The molecule has 0 saturated heterocycles. The lowest BCUT2D eigenvalue weighted by molar-refractivity contribution is 1.24. The van der Waals surface area contributed by atoms with Crippen molar-refractivity contribution in [3.63, 3.8) is 0 Å². The summed E-state index contributed by atoms with van der Waals surface area (Å²) < 4.78 is 0. The van der Waals surface area contributed by atoms with Gasteiger partial charge in [0.2, 0.25) is 0 Å². The van der Waals surface area contributed by atoms with Crippen LogP contribution in [0.3, 0.4) is 0 Å². The molecule has 0 heterocycles. The second-order valence-corrected chi connectivity index (χ2v) is 4.45. The Labute approximate surface area is 90.6 Å². The molecule has 0 bridgehead atoms. The average molecular weight is 194 g/mol. The molecule has 0 spiro atoms. The smallest absolute Gasteiger partial charge is 0.00133 e. The van der Waals surface area contributed by atoms with Crippen molar-refractivity contribution in [1.29, 1.82) is 0 Å². The van der Waals surface area contributed by atoms with E-state index in [0.717, 1.165) is 6.42 Å². The third-order valence-electron chi connectivity index (χ3n) is 3.23. The van der Waals surface area contributed by atoms with Crippen LogP contribution in [0.2, 0.25) is 0 Å². The minimum Gasteiger partial charge on any atom is -0.0619 e. The van der Waals surface area contributed by atoms with Crippen LogP contribution in [-0.2, 0) is 6.42 Å². The van der Waals surface area contributed by atoms with E-state index in [1.807, 2.05) is 0 Å². The predicted octanol–water partition coefficient (Wildman–Crippen LogP) is 3.87. The van der Waals surface area contributed by atoms with Gasteiger partial charge in [0.05, 0.1) is 0 Å². The van der Waals surface area contributed by atoms with Crippen molar-refractivity contribution < 1.29 is 0 Å². The molecule has 3 rings (SSSR count). The van der Waals surface area contributed by atoms with Gasteiger partial charge in [-0.05, 0) is 48.1 Å². The van der Waals surface area contributed by atoms with Gasteiger partial charge in [-0.1, -0.05) is 42.0 Å². The minimum absolute atomic E-state index is 1.11. The number of rotatable bonds is 0. The number of aryl methyl sites for hydroxylation is 2. The van der Waals surface area contributed by atoms with Gasteiger partial charge in [-0.3, -0.25) is 0 Å². The molecule has 0 fully saturated rings. The maximum atomic E-state index is 2.32. The first-order valence-corrected chi connectivity index (χ1v) is 5.44. The van der Waals surface area contributed by atoms with Gasteiger partial charge in [-0.2, -0.15) is 0 Å². The highest BCUT2D eigenvalue weighted by Crippen LogP contribution is 2.38. The standard InChI is InChI=1S/C15H14/c1-10-7-11(2)15-13(8-10)9-12-5-3-4-6-14(12)15/h3-8H,9H2,1-2H3. The van der Waals surface area contributed by atoms with E-state index in [0.29, 0.717) is 0 Å². The van der Waals surface area contributed by atoms with Crippen LogP contribution in [0.25, 0.3) is 11.1 Å². The fourth-order valence-corrected chi connectivity index (χ4v) is 2.70. The Balaban J connectivity index is 2.33. The Morgan fingerprint density at radius 1 is 0.933 bits per heavy atom. The molecule has 2 aromatic rings. The first kappa shape index (κ1) is 8.72. The zero-order valence-corrected chi connectivity index (χ0v) is 9.17. The Morgan fingerprint density at radius 3 is 2.60 bits per heavy atom. The molecule has 1 aliphatic carbocycles. The summed E-state index contributed by atoms with van der Waals surface area (Å²) in [5.74, 6) is 0. The largest absolute Gasteiger partial charge is 0.0619 e. The van der Waals surface area contributed by atoms with Crippen LogP contribution in [0.5, 0.6) is 0 Å². The number of benzene rings is 2. The number of fused-ring (bicyclic) bond motifs is 3. The Kier molecular flexibility index (Phi) is 1.72. The van der Waals surface area contributed by atoms with Crippen LogP contribution in [0.4, 0.5) is 0 Å². The second-order valence-electron chi connectivity index (χ2n) is 4.45. The first-order valence-electron chi connectivity index (χ1n) is 5.44. The lowest BCUT2D eigenvalue weighted by Crippen LogP contribution is -1.86. The summed E-state index contributed by atoms with van der Waals surface area (Å²) in [5, 5.41) is 0. The lowest BCUT2D eigenvalue weighted by Gasteiger charge is -2.06. The van der Waals surface area contributed by atoms with E-state index in [9.17, 15) is 0 Å². The van der Waals surface area contributed by atoms with E-state index in [1.54, 1.807) is 0 Å². The molecule has 15 heavy (non-hydrogen) atoms. The van der Waals surface area contributed by atoms with Crippen LogP contribution < -0.4 is 0 Å². The Hall–Kier alpha value is -1.56. The van der Waals surface area contributed by atoms with Gasteiger partial charge < -0.3 is 0 Å². The zero-order valence-electron chi connectivity index (χ0n) is 9.17. The van der Waals surface area contributed by atoms with Crippen LogP contribution in [0.15, 0.2) is 36.4 Å². The summed E-state index contributed by atoms with van der Waals surface area (Å²) in [5.41, 5.74) is 8.66. The van der Waals surface area contributed by atoms with Gasteiger partial charge in [-0.15, -0.1) is 0 Å². The molecule has 0 atom stereocenters. The highest BCUT2D eigenvalue weighted by Gasteiger charge is 2.19. The third kappa shape index (κ3) is 1.21. The van der Waals surface area contributed by atoms with Crippen LogP contribution >= 0.6 is 0 Å². The summed E-state index contributed by atoms with van der Waals surface area (Å²) in [7, 11) is 0. The van der Waals surface area contributed by atoms with E-state index in [4.69, 9.17) is 0 Å². The fourth-order valence-electron chi connectivity index (χ4n) is 2.70. The van der Waals surface area contributed by atoms with Gasteiger partial charge in [0.1, 0.15) is 0 Å². The number of hydrogen-bond acceptors (Lipinski definition) is 0. The van der Waals surface area contributed by atoms with Gasteiger partial charge in [0.15, 0.2) is 0 Å². The van der Waals surface area contributed by atoms with Gasteiger partial charge in [-0.25, -0.2) is 0 Å². The Bertz CT molecular complexity index is 536. The van der Waals surface area contributed by atoms with Crippen molar-refractivity contribution >= 4 is 0 Å². The van der Waals surface area contributed by atoms with Crippen LogP contribution in [-0.4, -0.2) is 0 Å². The minimum atomic E-state index is 1.11. The molecule has 0 amide bonds. The average Bonchev–Trinajstić information content (AvgIpc) is 2.54. The highest BCUT2D eigenvalue weighted by molar-refractivity contribution is 5.79. The van der Waals surface area contributed by atoms with Crippen molar-refractivity contribution in [3.05, 3.63) is 58.7 Å². The molecular weight excluding hydrogens is 180 g/mol. The molecule has 0 aliphatic heterocycles. The number of hydrogen-bond donors (Lipinski definition) is 0. The topological polar surface area (TPSA) is 0 Å². The summed E-state index contributed by atoms with van der Waals surface area (Å²) >= 11 is 0.